The molecule has 1 aromatic rings. The van der Waals surface area contributed by atoms with Crippen molar-refractivity contribution in [3.8, 4) is 11.5 Å². The lowest BCUT2D eigenvalue weighted by Gasteiger charge is -2.16. The minimum atomic E-state index is -4.37. The summed E-state index contributed by atoms with van der Waals surface area (Å²) >= 11 is 0. The van der Waals surface area contributed by atoms with Crippen LogP contribution in [0.3, 0.4) is 0 Å². The standard InChI is InChI=1S/C13H18F3NO2/c1-3-7-17-8-10-5-4-6-11(18-2)12(10)19-9-13(14,15)16/h4-6,17H,3,7-9H2,1-2H3. The van der Waals surface area contributed by atoms with Crippen LogP contribution in [0.15, 0.2) is 18.2 Å². The number of alkyl halides is 3. The maximum absolute atomic E-state index is 12.2. The van der Waals surface area contributed by atoms with Gasteiger partial charge >= 0.3 is 6.18 Å². The smallest absolute Gasteiger partial charge is 0.422 e. The number of para-hydroxylation sites is 1. The van der Waals surface area contributed by atoms with Gasteiger partial charge in [-0.25, -0.2) is 0 Å². The molecule has 0 unspecified atom stereocenters. The molecule has 0 saturated heterocycles. The minimum Gasteiger partial charge on any atom is -0.493 e. The SMILES string of the molecule is CCCNCc1cccc(OC)c1OCC(F)(F)F. The van der Waals surface area contributed by atoms with Gasteiger partial charge in [-0.15, -0.1) is 0 Å². The van der Waals surface area contributed by atoms with Crippen LogP contribution in [-0.4, -0.2) is 26.4 Å². The van der Waals surface area contributed by atoms with Gasteiger partial charge in [0.2, 0.25) is 0 Å². The molecular formula is C13H18F3NO2. The van der Waals surface area contributed by atoms with Crippen LogP contribution in [0.1, 0.15) is 18.9 Å². The third kappa shape index (κ3) is 5.38. The number of rotatable bonds is 7. The van der Waals surface area contributed by atoms with Crippen molar-refractivity contribution in [3.63, 3.8) is 0 Å². The summed E-state index contributed by atoms with van der Waals surface area (Å²) in [6.45, 7) is 1.92. The van der Waals surface area contributed by atoms with Gasteiger partial charge in [-0.05, 0) is 19.0 Å². The molecule has 0 spiro atoms. The molecule has 0 fully saturated rings. The highest BCUT2D eigenvalue weighted by Gasteiger charge is 2.29. The lowest BCUT2D eigenvalue weighted by Crippen LogP contribution is -2.21. The van der Waals surface area contributed by atoms with E-state index >= 15 is 0 Å². The van der Waals surface area contributed by atoms with Crippen LogP contribution in [0.5, 0.6) is 11.5 Å². The number of ether oxygens (including phenoxy) is 2. The highest BCUT2D eigenvalue weighted by molar-refractivity contribution is 5.46. The molecule has 0 saturated carbocycles. The quantitative estimate of drug-likeness (QED) is 0.777. The molecule has 6 heteroatoms. The first-order chi connectivity index (χ1) is 8.98. The van der Waals surface area contributed by atoms with Crippen molar-refractivity contribution in [3.05, 3.63) is 23.8 Å². The van der Waals surface area contributed by atoms with E-state index in [1.807, 2.05) is 6.92 Å². The number of hydrogen-bond acceptors (Lipinski definition) is 3. The van der Waals surface area contributed by atoms with Crippen LogP contribution in [0.25, 0.3) is 0 Å². The van der Waals surface area contributed by atoms with Crippen molar-refractivity contribution < 1.29 is 22.6 Å². The van der Waals surface area contributed by atoms with E-state index in [9.17, 15) is 13.2 Å². The summed E-state index contributed by atoms with van der Waals surface area (Å²) in [4.78, 5) is 0. The van der Waals surface area contributed by atoms with Gasteiger partial charge in [-0.1, -0.05) is 19.1 Å². The summed E-state index contributed by atoms with van der Waals surface area (Å²) in [6, 6.07) is 5.02. The summed E-state index contributed by atoms with van der Waals surface area (Å²) < 4.78 is 46.6. The molecule has 19 heavy (non-hydrogen) atoms. The summed E-state index contributed by atoms with van der Waals surface area (Å²) in [7, 11) is 1.40. The summed E-state index contributed by atoms with van der Waals surface area (Å²) in [5.41, 5.74) is 0.650. The third-order valence-electron chi connectivity index (χ3n) is 2.40. The Morgan fingerprint density at radius 1 is 1.26 bits per heavy atom. The Balaban J connectivity index is 2.83. The largest absolute Gasteiger partial charge is 0.493 e. The Hall–Kier alpha value is -1.43. The molecule has 108 valence electrons. The Morgan fingerprint density at radius 2 is 2.00 bits per heavy atom. The van der Waals surface area contributed by atoms with Gasteiger partial charge in [-0.3, -0.25) is 0 Å². The molecule has 0 aliphatic rings. The molecule has 0 amide bonds. The van der Waals surface area contributed by atoms with E-state index < -0.39 is 12.8 Å². The Bertz CT molecular complexity index is 394. The van der Waals surface area contributed by atoms with Gasteiger partial charge in [0.25, 0.3) is 0 Å². The molecule has 3 nitrogen and oxygen atoms in total. The summed E-state index contributed by atoms with van der Waals surface area (Å²) in [5, 5.41) is 3.12. The summed E-state index contributed by atoms with van der Waals surface area (Å²) in [5.74, 6) is 0.450. The fraction of sp³-hybridized carbons (Fsp3) is 0.538. The Morgan fingerprint density at radius 3 is 2.58 bits per heavy atom. The van der Waals surface area contributed by atoms with Crippen LogP contribution in [0, 0.1) is 0 Å². The van der Waals surface area contributed by atoms with Crippen molar-refractivity contribution >= 4 is 0 Å². The first kappa shape index (κ1) is 15.6. The zero-order valence-corrected chi connectivity index (χ0v) is 11.0. The van der Waals surface area contributed by atoms with E-state index in [1.54, 1.807) is 18.2 Å². The molecule has 0 heterocycles. The molecule has 1 aromatic carbocycles. The van der Waals surface area contributed by atoms with Crippen molar-refractivity contribution in [1.29, 1.82) is 0 Å². The van der Waals surface area contributed by atoms with Gasteiger partial charge < -0.3 is 14.8 Å². The number of benzene rings is 1. The van der Waals surface area contributed by atoms with E-state index in [0.717, 1.165) is 13.0 Å². The van der Waals surface area contributed by atoms with E-state index in [4.69, 9.17) is 9.47 Å². The lowest BCUT2D eigenvalue weighted by molar-refractivity contribution is -0.153. The summed E-state index contributed by atoms with van der Waals surface area (Å²) in [6.07, 6.45) is -3.42. The molecule has 1 N–H and O–H groups in total. The maximum atomic E-state index is 12.2. The van der Waals surface area contributed by atoms with Gasteiger partial charge in [0.1, 0.15) is 0 Å². The number of nitrogens with one attached hydrogen (secondary N) is 1. The monoisotopic (exact) mass is 277 g/mol. The molecule has 0 radical (unpaired) electrons. The fourth-order valence-corrected chi connectivity index (χ4v) is 1.58. The van der Waals surface area contributed by atoms with E-state index in [0.29, 0.717) is 17.9 Å². The van der Waals surface area contributed by atoms with Crippen LogP contribution >= 0.6 is 0 Å². The van der Waals surface area contributed by atoms with E-state index in [2.05, 4.69) is 5.32 Å². The van der Waals surface area contributed by atoms with Gasteiger partial charge in [0, 0.05) is 12.1 Å². The van der Waals surface area contributed by atoms with Gasteiger partial charge in [0.15, 0.2) is 18.1 Å². The van der Waals surface area contributed by atoms with Crippen molar-refractivity contribution in [2.24, 2.45) is 0 Å². The number of halogens is 3. The lowest BCUT2D eigenvalue weighted by atomic mass is 10.2. The van der Waals surface area contributed by atoms with E-state index in [-0.39, 0.29) is 5.75 Å². The van der Waals surface area contributed by atoms with E-state index in [1.165, 1.54) is 7.11 Å². The second-order valence-corrected chi connectivity index (χ2v) is 4.03. The van der Waals surface area contributed by atoms with Crippen LogP contribution in [-0.2, 0) is 6.54 Å². The predicted molar refractivity (Wildman–Crippen MR) is 66.5 cm³/mol. The first-order valence-corrected chi connectivity index (χ1v) is 6.04. The topological polar surface area (TPSA) is 30.5 Å². The second kappa shape index (κ2) is 7.23. The van der Waals surface area contributed by atoms with Crippen LogP contribution < -0.4 is 14.8 Å². The molecule has 1 rings (SSSR count). The number of hydrogen-bond donors (Lipinski definition) is 1. The zero-order valence-electron chi connectivity index (χ0n) is 11.0. The zero-order chi connectivity index (χ0) is 14.3. The van der Waals surface area contributed by atoms with Crippen LogP contribution in [0.4, 0.5) is 13.2 Å². The average Bonchev–Trinajstić information content (AvgIpc) is 2.36. The number of methoxy groups -OCH3 is 1. The molecule has 0 aromatic heterocycles. The minimum absolute atomic E-state index is 0.144. The predicted octanol–water partition coefficient (Wildman–Crippen LogP) is 3.14. The highest BCUT2D eigenvalue weighted by atomic mass is 19.4. The van der Waals surface area contributed by atoms with Crippen molar-refractivity contribution in [2.45, 2.75) is 26.1 Å². The van der Waals surface area contributed by atoms with Crippen molar-refractivity contribution in [1.82, 2.24) is 5.32 Å². The third-order valence-corrected chi connectivity index (χ3v) is 2.40. The van der Waals surface area contributed by atoms with Gasteiger partial charge in [0.05, 0.1) is 7.11 Å². The molecule has 0 aliphatic heterocycles. The van der Waals surface area contributed by atoms with Crippen LogP contribution in [0.2, 0.25) is 0 Å². The Labute approximate surface area is 110 Å². The fourth-order valence-electron chi connectivity index (χ4n) is 1.58. The molecule has 0 atom stereocenters. The normalized spacial score (nSPS) is 11.4. The maximum Gasteiger partial charge on any atom is 0.422 e. The van der Waals surface area contributed by atoms with Gasteiger partial charge in [-0.2, -0.15) is 13.2 Å². The van der Waals surface area contributed by atoms with Crippen molar-refractivity contribution in [2.75, 3.05) is 20.3 Å². The molecule has 0 bridgehead atoms. The first-order valence-electron chi connectivity index (χ1n) is 6.04. The average molecular weight is 277 g/mol. The molecule has 0 aliphatic carbocycles. The highest BCUT2D eigenvalue weighted by Crippen LogP contribution is 2.32. The molecular weight excluding hydrogens is 259 g/mol. The Kier molecular flexibility index (Phi) is 5.95. The second-order valence-electron chi connectivity index (χ2n) is 4.03.